The highest BCUT2D eigenvalue weighted by Gasteiger charge is 2.24. The van der Waals surface area contributed by atoms with Gasteiger partial charge >= 0.3 is 5.97 Å². The van der Waals surface area contributed by atoms with Crippen molar-refractivity contribution in [2.75, 3.05) is 19.8 Å². The Balaban J connectivity index is 1.56. The van der Waals surface area contributed by atoms with Crippen molar-refractivity contribution >= 4 is 29.2 Å². The molecule has 28 heavy (non-hydrogen) atoms. The van der Waals surface area contributed by atoms with E-state index in [0.717, 1.165) is 17.7 Å². The highest BCUT2D eigenvalue weighted by atomic mass is 32.1. The number of fused-ring (bicyclic) bond motifs is 1. The van der Waals surface area contributed by atoms with Crippen LogP contribution in [0.25, 0.3) is 6.08 Å². The molecule has 8 heteroatoms. The molecule has 1 aromatic heterocycles. The Morgan fingerprint density at radius 1 is 1.36 bits per heavy atom. The highest BCUT2D eigenvalue weighted by Crippen LogP contribution is 2.30. The van der Waals surface area contributed by atoms with Crippen molar-refractivity contribution in [2.24, 2.45) is 0 Å². The van der Waals surface area contributed by atoms with Gasteiger partial charge in [-0.15, -0.1) is 11.3 Å². The first kappa shape index (κ1) is 19.6. The van der Waals surface area contributed by atoms with Crippen LogP contribution in [0.1, 0.15) is 28.6 Å². The van der Waals surface area contributed by atoms with Crippen LogP contribution in [-0.2, 0) is 14.3 Å². The van der Waals surface area contributed by atoms with Gasteiger partial charge in [0.2, 0.25) is 0 Å². The lowest BCUT2D eigenvalue weighted by molar-refractivity contribution is -0.143. The molecule has 1 aliphatic heterocycles. The lowest BCUT2D eigenvalue weighted by Crippen LogP contribution is -2.19. The van der Waals surface area contributed by atoms with E-state index in [1.807, 2.05) is 6.07 Å². The number of aryl methyl sites for hydroxylation is 1. The molecular formula is C20H18N2O5S. The fourth-order valence-electron chi connectivity index (χ4n) is 2.49. The van der Waals surface area contributed by atoms with Crippen LogP contribution < -0.4 is 9.47 Å². The van der Waals surface area contributed by atoms with Crippen molar-refractivity contribution in [2.45, 2.75) is 19.3 Å². The topological polar surface area (TPSA) is 98.5 Å². The fourth-order valence-corrected chi connectivity index (χ4v) is 3.35. The van der Waals surface area contributed by atoms with E-state index in [1.54, 1.807) is 36.6 Å². The first-order chi connectivity index (χ1) is 13.6. The number of hydrogen-bond acceptors (Lipinski definition) is 8. The lowest BCUT2D eigenvalue weighted by atomic mass is 10.1. The summed E-state index contributed by atoms with van der Waals surface area (Å²) < 4.78 is 16.1. The van der Waals surface area contributed by atoms with E-state index in [1.165, 1.54) is 17.4 Å². The zero-order chi connectivity index (χ0) is 19.9. The third-order valence-corrected chi connectivity index (χ3v) is 4.90. The van der Waals surface area contributed by atoms with Gasteiger partial charge in [-0.05, 0) is 30.7 Å². The van der Waals surface area contributed by atoms with Gasteiger partial charge in [-0.25, -0.2) is 9.78 Å². The molecule has 1 aromatic carbocycles. The standard InChI is InChI=1S/C20H18N2O5S/c1-13-12-28-20(22-13)15(10-21)16(23)11-27-19(24)6-4-14-3-5-17-18(9-14)26-8-2-7-25-17/h3-6,9,12,15H,2,7-8,11H2,1H3/b6-4+/t15-/m0/s1. The maximum atomic E-state index is 12.2. The Bertz CT molecular complexity index is 944. The number of aromatic nitrogens is 1. The minimum Gasteiger partial charge on any atom is -0.490 e. The molecule has 2 heterocycles. The fraction of sp³-hybridized carbons (Fsp3) is 0.300. The van der Waals surface area contributed by atoms with Crippen LogP contribution in [0.3, 0.4) is 0 Å². The van der Waals surface area contributed by atoms with Gasteiger partial charge < -0.3 is 14.2 Å². The lowest BCUT2D eigenvalue weighted by Gasteiger charge is -2.07. The van der Waals surface area contributed by atoms with Gasteiger partial charge in [0.15, 0.2) is 29.8 Å². The number of nitrogens with zero attached hydrogens (tertiary/aromatic N) is 2. The van der Waals surface area contributed by atoms with Crippen LogP contribution in [0.2, 0.25) is 0 Å². The number of esters is 1. The van der Waals surface area contributed by atoms with E-state index in [2.05, 4.69) is 4.98 Å². The summed E-state index contributed by atoms with van der Waals surface area (Å²) in [6, 6.07) is 7.25. The number of ether oxygens (including phenoxy) is 3. The number of ketones is 1. The molecule has 1 atom stereocenters. The smallest absolute Gasteiger partial charge is 0.331 e. The molecule has 2 aromatic rings. The highest BCUT2D eigenvalue weighted by molar-refractivity contribution is 7.09. The van der Waals surface area contributed by atoms with E-state index in [-0.39, 0.29) is 0 Å². The monoisotopic (exact) mass is 398 g/mol. The number of carbonyl (C=O) groups excluding carboxylic acids is 2. The zero-order valence-corrected chi connectivity index (χ0v) is 16.0. The molecule has 144 valence electrons. The third-order valence-electron chi connectivity index (χ3n) is 3.87. The molecule has 0 N–H and O–H groups in total. The molecule has 0 spiro atoms. The van der Waals surface area contributed by atoms with E-state index in [0.29, 0.717) is 29.7 Å². The SMILES string of the molecule is Cc1csc([C@@H](C#N)C(=O)COC(=O)/C=C/c2ccc3c(c2)OCCCO3)n1. The minimum absolute atomic E-state index is 0.406. The predicted molar refractivity (Wildman–Crippen MR) is 102 cm³/mol. The number of rotatable bonds is 6. The first-order valence-corrected chi connectivity index (χ1v) is 9.53. The molecule has 0 aliphatic carbocycles. The Morgan fingerprint density at radius 2 is 2.14 bits per heavy atom. The summed E-state index contributed by atoms with van der Waals surface area (Å²) in [5.74, 6) is -0.916. The van der Waals surface area contributed by atoms with Crippen LogP contribution in [0.5, 0.6) is 11.5 Å². The van der Waals surface area contributed by atoms with Gasteiger partial charge in [-0.1, -0.05) is 6.07 Å². The van der Waals surface area contributed by atoms with Crippen molar-refractivity contribution in [3.8, 4) is 17.6 Å². The number of nitriles is 1. The number of carbonyl (C=O) groups is 2. The first-order valence-electron chi connectivity index (χ1n) is 8.65. The molecule has 0 radical (unpaired) electrons. The van der Waals surface area contributed by atoms with Gasteiger partial charge in [-0.3, -0.25) is 4.79 Å². The molecule has 0 bridgehead atoms. The Morgan fingerprint density at radius 3 is 2.86 bits per heavy atom. The van der Waals surface area contributed by atoms with Crippen molar-refractivity contribution in [3.63, 3.8) is 0 Å². The Labute approximate surface area is 166 Å². The molecule has 0 unspecified atom stereocenters. The van der Waals surface area contributed by atoms with Crippen molar-refractivity contribution < 1.29 is 23.8 Å². The summed E-state index contributed by atoms with van der Waals surface area (Å²) in [4.78, 5) is 28.2. The molecule has 0 fully saturated rings. The number of hydrogen-bond donors (Lipinski definition) is 0. The molecule has 1 aliphatic rings. The average molecular weight is 398 g/mol. The molecule has 7 nitrogen and oxygen atoms in total. The second-order valence-electron chi connectivity index (χ2n) is 6.05. The van der Waals surface area contributed by atoms with Gasteiger partial charge in [-0.2, -0.15) is 5.26 Å². The van der Waals surface area contributed by atoms with E-state index < -0.39 is 24.3 Å². The maximum Gasteiger partial charge on any atom is 0.331 e. The molecule has 3 rings (SSSR count). The van der Waals surface area contributed by atoms with Gasteiger partial charge in [0.25, 0.3) is 0 Å². The molecule has 0 saturated heterocycles. The molecule has 0 saturated carbocycles. The van der Waals surface area contributed by atoms with Gasteiger partial charge in [0, 0.05) is 23.6 Å². The van der Waals surface area contributed by atoms with Crippen LogP contribution in [0.4, 0.5) is 0 Å². The normalized spacial score (nSPS) is 14.1. The Kier molecular flexibility index (Phi) is 6.40. The van der Waals surface area contributed by atoms with Crippen LogP contribution >= 0.6 is 11.3 Å². The zero-order valence-electron chi connectivity index (χ0n) is 15.2. The van der Waals surface area contributed by atoms with Crippen molar-refractivity contribution in [1.82, 2.24) is 4.98 Å². The van der Waals surface area contributed by atoms with Crippen LogP contribution in [0, 0.1) is 18.3 Å². The van der Waals surface area contributed by atoms with Crippen molar-refractivity contribution in [1.29, 1.82) is 5.26 Å². The largest absolute Gasteiger partial charge is 0.490 e. The van der Waals surface area contributed by atoms with E-state index in [4.69, 9.17) is 14.2 Å². The molecular weight excluding hydrogens is 380 g/mol. The van der Waals surface area contributed by atoms with Crippen molar-refractivity contribution in [3.05, 3.63) is 45.9 Å². The summed E-state index contributed by atoms with van der Waals surface area (Å²) in [5.41, 5.74) is 1.48. The summed E-state index contributed by atoms with van der Waals surface area (Å²) >= 11 is 1.23. The summed E-state index contributed by atoms with van der Waals surface area (Å²) in [6.07, 6.45) is 3.60. The van der Waals surface area contributed by atoms with Gasteiger partial charge in [0.1, 0.15) is 5.01 Å². The summed E-state index contributed by atoms with van der Waals surface area (Å²) in [6.45, 7) is 2.47. The van der Waals surface area contributed by atoms with E-state index >= 15 is 0 Å². The van der Waals surface area contributed by atoms with E-state index in [9.17, 15) is 14.9 Å². The predicted octanol–water partition coefficient (Wildman–Crippen LogP) is 3.05. The summed E-state index contributed by atoms with van der Waals surface area (Å²) in [7, 11) is 0. The molecule has 0 amide bonds. The Hall–Kier alpha value is -3.18. The second-order valence-corrected chi connectivity index (χ2v) is 6.94. The quantitative estimate of drug-likeness (QED) is 0.545. The average Bonchev–Trinajstić information content (AvgIpc) is 2.98. The van der Waals surface area contributed by atoms with Crippen LogP contribution in [-0.4, -0.2) is 36.6 Å². The summed E-state index contributed by atoms with van der Waals surface area (Å²) in [5, 5.41) is 11.4. The number of benzene rings is 1. The van der Waals surface area contributed by atoms with Gasteiger partial charge in [0.05, 0.1) is 19.3 Å². The number of Topliss-reactive ketones (excluding diaryl/α,β-unsaturated/α-hetero) is 1. The second kappa shape index (κ2) is 9.15. The third kappa shape index (κ3) is 4.96. The van der Waals surface area contributed by atoms with Crippen LogP contribution in [0.15, 0.2) is 29.7 Å². The maximum absolute atomic E-state index is 12.2. The minimum atomic E-state index is -1.03. The number of thiazole rings is 1.